The van der Waals surface area contributed by atoms with Gasteiger partial charge >= 0.3 is 0 Å². The van der Waals surface area contributed by atoms with Crippen LogP contribution in [0.4, 0.5) is 10.2 Å². The molecule has 0 amide bonds. The van der Waals surface area contributed by atoms with E-state index in [0.29, 0.717) is 38.0 Å². The van der Waals surface area contributed by atoms with Crippen LogP contribution < -0.4 is 11.1 Å². The number of fused-ring (bicyclic) bond motifs is 1. The van der Waals surface area contributed by atoms with Crippen molar-refractivity contribution in [2.75, 3.05) is 5.32 Å². The Morgan fingerprint density at radius 3 is 3.00 bits per heavy atom. The summed E-state index contributed by atoms with van der Waals surface area (Å²) in [4.78, 5) is 5.52. The van der Waals surface area contributed by atoms with Gasteiger partial charge in [-0.15, -0.1) is 16.4 Å². The highest BCUT2D eigenvalue weighted by Gasteiger charge is 2.44. The van der Waals surface area contributed by atoms with E-state index >= 15 is 0 Å². The lowest BCUT2D eigenvalue weighted by molar-refractivity contribution is 0.270. The second-order valence-electron chi connectivity index (χ2n) is 6.74. The van der Waals surface area contributed by atoms with E-state index in [1.807, 2.05) is 17.5 Å². The molecule has 4 rings (SSSR count). The van der Waals surface area contributed by atoms with Gasteiger partial charge in [-0.2, -0.15) is 4.98 Å². The number of hydrogen-bond acceptors (Lipinski definition) is 5. The smallest absolute Gasteiger partial charge is 0.243 e. The number of anilines is 1. The molecule has 1 saturated carbocycles. The van der Waals surface area contributed by atoms with Crippen LogP contribution in [0.25, 0.3) is 5.52 Å². The molecule has 1 atom stereocenters. The molecule has 1 aliphatic rings. The first kappa shape index (κ1) is 18.2. The van der Waals surface area contributed by atoms with Crippen LogP contribution in [-0.4, -0.2) is 26.3 Å². The molecule has 3 N–H and O–H groups in total. The summed E-state index contributed by atoms with van der Waals surface area (Å²) in [7, 11) is 0. The Labute approximate surface area is 167 Å². The van der Waals surface area contributed by atoms with E-state index in [4.69, 9.17) is 17.3 Å². The fraction of sp³-hybridized carbons (Fsp3) is 0.412. The quantitative estimate of drug-likeness (QED) is 0.544. The summed E-state index contributed by atoms with van der Waals surface area (Å²) in [6, 6.07) is 5.81. The fourth-order valence-corrected chi connectivity index (χ4v) is 4.42. The van der Waals surface area contributed by atoms with Gasteiger partial charge in [0.1, 0.15) is 15.8 Å². The third kappa shape index (κ3) is 3.88. The van der Waals surface area contributed by atoms with Crippen LogP contribution in [0, 0.1) is 0 Å². The Bertz CT molecular complexity index is 925. The highest BCUT2D eigenvalue weighted by atomic mass is 79.9. The number of nitrogens with two attached hydrogens (primary N) is 1. The molecule has 0 bridgehead atoms. The highest BCUT2D eigenvalue weighted by Crippen LogP contribution is 2.44. The van der Waals surface area contributed by atoms with Gasteiger partial charge < -0.3 is 11.1 Å². The Morgan fingerprint density at radius 1 is 1.50 bits per heavy atom. The molecule has 0 saturated heterocycles. The van der Waals surface area contributed by atoms with Crippen LogP contribution in [0.15, 0.2) is 28.2 Å². The largest absolute Gasteiger partial charge is 0.363 e. The average Bonchev–Trinajstić information content (AvgIpc) is 2.98. The van der Waals surface area contributed by atoms with Gasteiger partial charge in [-0.05, 0) is 76.3 Å². The van der Waals surface area contributed by atoms with Gasteiger partial charge in [0.05, 0.1) is 6.54 Å². The van der Waals surface area contributed by atoms with Crippen molar-refractivity contribution >= 4 is 50.2 Å². The van der Waals surface area contributed by atoms with Gasteiger partial charge in [-0.1, -0.05) is 6.07 Å². The van der Waals surface area contributed by atoms with Crippen molar-refractivity contribution in [2.24, 2.45) is 5.73 Å². The van der Waals surface area contributed by atoms with Gasteiger partial charge in [0.25, 0.3) is 0 Å². The Balaban J connectivity index is 1.59. The zero-order valence-corrected chi connectivity index (χ0v) is 17.0. The maximum atomic E-state index is 14.0. The molecule has 5 nitrogen and oxygen atoms in total. The molecular weight excluding hydrogens is 441 g/mol. The molecule has 0 aliphatic heterocycles. The topological polar surface area (TPSA) is 68.2 Å². The maximum Gasteiger partial charge on any atom is 0.243 e. The monoisotopic (exact) mass is 457 g/mol. The van der Waals surface area contributed by atoms with Crippen LogP contribution in [-0.2, 0) is 13.0 Å². The predicted octanol–water partition coefficient (Wildman–Crippen LogP) is 4.58. The van der Waals surface area contributed by atoms with Gasteiger partial charge in [-0.25, -0.2) is 8.91 Å². The first-order valence-corrected chi connectivity index (χ1v) is 10.4. The molecule has 3 heterocycles. The Kier molecular flexibility index (Phi) is 4.94. The summed E-state index contributed by atoms with van der Waals surface area (Å²) in [5.41, 5.74) is 6.89. The van der Waals surface area contributed by atoms with Gasteiger partial charge in [0, 0.05) is 10.9 Å². The standard InChI is InChI=1S/C17H18BrClFN5S/c18-14-10(6-11(21)8-17(20)3-4-17)7-13-15(23-16(19)24-25(13)14)22-9-12-2-1-5-26-12/h1-2,5,7,11H,3-4,6,8-9,21H2,(H,22,23,24). The second kappa shape index (κ2) is 7.07. The first-order chi connectivity index (χ1) is 12.4. The van der Waals surface area contributed by atoms with E-state index in [1.165, 1.54) is 4.88 Å². The normalized spacial score (nSPS) is 16.8. The Morgan fingerprint density at radius 2 is 2.31 bits per heavy atom. The van der Waals surface area contributed by atoms with Crippen molar-refractivity contribution in [2.45, 2.75) is 43.9 Å². The third-order valence-corrected chi connectivity index (χ3v) is 6.41. The number of halogens is 3. The lowest BCUT2D eigenvalue weighted by atomic mass is 10.0. The molecule has 3 aromatic rings. The molecular formula is C17H18BrClFN5S. The lowest BCUT2D eigenvalue weighted by Gasteiger charge is -2.13. The minimum absolute atomic E-state index is 0.152. The first-order valence-electron chi connectivity index (χ1n) is 8.38. The predicted molar refractivity (Wildman–Crippen MR) is 107 cm³/mol. The van der Waals surface area contributed by atoms with E-state index in [-0.39, 0.29) is 11.3 Å². The minimum atomic E-state index is -1.05. The maximum absolute atomic E-state index is 14.0. The number of alkyl halides is 1. The van der Waals surface area contributed by atoms with Crippen molar-refractivity contribution in [3.63, 3.8) is 0 Å². The number of rotatable bonds is 7. The number of thiophene rings is 1. The highest BCUT2D eigenvalue weighted by molar-refractivity contribution is 9.10. The van der Waals surface area contributed by atoms with E-state index in [2.05, 4.69) is 37.4 Å². The lowest BCUT2D eigenvalue weighted by Crippen LogP contribution is -2.27. The molecule has 1 unspecified atom stereocenters. The summed E-state index contributed by atoms with van der Waals surface area (Å²) in [6.45, 7) is 0.655. The zero-order chi connectivity index (χ0) is 18.3. The number of aromatic nitrogens is 3. The zero-order valence-electron chi connectivity index (χ0n) is 13.9. The van der Waals surface area contributed by atoms with Crippen LogP contribution in [0.1, 0.15) is 29.7 Å². The summed E-state index contributed by atoms with van der Waals surface area (Å²) < 4.78 is 16.4. The fourth-order valence-electron chi connectivity index (χ4n) is 3.07. The van der Waals surface area contributed by atoms with Crippen LogP contribution in [0.5, 0.6) is 0 Å². The van der Waals surface area contributed by atoms with Gasteiger partial charge in [-0.3, -0.25) is 0 Å². The molecule has 0 spiro atoms. The molecule has 9 heteroatoms. The summed E-state index contributed by atoms with van der Waals surface area (Å²) in [5.74, 6) is 0.656. The number of hydrogen-bond donors (Lipinski definition) is 2. The van der Waals surface area contributed by atoms with Crippen LogP contribution in [0.2, 0.25) is 5.28 Å². The minimum Gasteiger partial charge on any atom is -0.363 e. The van der Waals surface area contributed by atoms with E-state index < -0.39 is 5.67 Å². The molecule has 1 aliphatic carbocycles. The number of nitrogens with zero attached hydrogens (tertiary/aromatic N) is 3. The molecule has 0 aromatic carbocycles. The molecule has 1 fully saturated rings. The Hall–Kier alpha value is -1.22. The van der Waals surface area contributed by atoms with Crippen molar-refractivity contribution in [3.05, 3.63) is 43.9 Å². The van der Waals surface area contributed by atoms with Gasteiger partial charge in [0.2, 0.25) is 5.28 Å². The van der Waals surface area contributed by atoms with E-state index in [0.717, 1.165) is 15.7 Å². The SMILES string of the molecule is NC(Cc1cc2c(NCc3cccs3)nc(Cl)nn2c1Br)CC1(F)CC1. The van der Waals surface area contributed by atoms with Gasteiger partial charge in [0.15, 0.2) is 5.82 Å². The summed E-state index contributed by atoms with van der Waals surface area (Å²) in [6.07, 6.45) is 2.20. The summed E-state index contributed by atoms with van der Waals surface area (Å²) >= 11 is 11.3. The van der Waals surface area contributed by atoms with E-state index in [9.17, 15) is 4.39 Å². The van der Waals surface area contributed by atoms with Crippen molar-refractivity contribution in [1.82, 2.24) is 14.6 Å². The second-order valence-corrected chi connectivity index (χ2v) is 8.86. The van der Waals surface area contributed by atoms with Crippen LogP contribution >= 0.6 is 38.9 Å². The third-order valence-electron chi connectivity index (χ3n) is 4.53. The van der Waals surface area contributed by atoms with Crippen molar-refractivity contribution in [1.29, 1.82) is 0 Å². The molecule has 0 radical (unpaired) electrons. The summed E-state index contributed by atoms with van der Waals surface area (Å²) in [5, 5.41) is 9.77. The van der Waals surface area contributed by atoms with E-state index in [1.54, 1.807) is 15.9 Å². The van der Waals surface area contributed by atoms with Crippen molar-refractivity contribution < 1.29 is 4.39 Å². The van der Waals surface area contributed by atoms with Crippen LogP contribution in [0.3, 0.4) is 0 Å². The average molecular weight is 459 g/mol. The number of nitrogens with one attached hydrogen (secondary N) is 1. The van der Waals surface area contributed by atoms with Crippen molar-refractivity contribution in [3.8, 4) is 0 Å². The molecule has 3 aromatic heterocycles. The molecule has 138 valence electrons. The molecule has 26 heavy (non-hydrogen) atoms.